The van der Waals surface area contributed by atoms with Crippen LogP contribution in [-0.2, 0) is 0 Å². The molecule has 0 atom stereocenters. The van der Waals surface area contributed by atoms with Gasteiger partial charge in [0.05, 0.1) is 10.6 Å². The lowest BCUT2D eigenvalue weighted by molar-refractivity contribution is 0.112. The van der Waals surface area contributed by atoms with Crippen LogP contribution in [0.3, 0.4) is 0 Å². The maximum absolute atomic E-state index is 12.6. The third-order valence-electron chi connectivity index (χ3n) is 1.23. The van der Waals surface area contributed by atoms with E-state index in [1.54, 1.807) is 0 Å². The molecule has 1 aromatic rings. The molecule has 2 nitrogen and oxygen atoms in total. The lowest BCUT2D eigenvalue weighted by Crippen LogP contribution is -1.85. The van der Waals surface area contributed by atoms with Gasteiger partial charge in [-0.25, -0.2) is 4.39 Å². The van der Waals surface area contributed by atoms with Gasteiger partial charge in [0, 0.05) is 0 Å². The van der Waals surface area contributed by atoms with E-state index in [0.29, 0.717) is 6.29 Å². The predicted octanol–water partition coefficient (Wildman–Crippen LogP) is 2.00. The van der Waals surface area contributed by atoms with Crippen LogP contribution >= 0.6 is 11.6 Å². The number of carbonyl (C=O) groups is 1. The van der Waals surface area contributed by atoms with Gasteiger partial charge in [0.2, 0.25) is 0 Å². The molecule has 0 aromatic heterocycles. The molecule has 0 spiro atoms. The molecule has 58 valence electrons. The normalized spacial score (nSPS) is 9.64. The number of hydrogen-bond donors (Lipinski definition) is 1. The van der Waals surface area contributed by atoms with Crippen molar-refractivity contribution < 1.29 is 14.3 Å². The van der Waals surface area contributed by atoms with Crippen LogP contribution in [0.1, 0.15) is 10.4 Å². The number of halogens is 2. The zero-order valence-electron chi connectivity index (χ0n) is 5.34. The molecule has 0 unspecified atom stereocenters. The molecule has 0 bridgehead atoms. The second kappa shape index (κ2) is 2.88. The predicted molar refractivity (Wildman–Crippen MR) is 38.5 cm³/mol. The quantitative estimate of drug-likeness (QED) is 0.662. The second-order valence-electron chi connectivity index (χ2n) is 1.92. The number of phenolic OH excluding ortho intramolecular Hbond substituents is 1. The van der Waals surface area contributed by atoms with Gasteiger partial charge in [-0.1, -0.05) is 11.6 Å². The minimum Gasteiger partial charge on any atom is -0.504 e. The van der Waals surface area contributed by atoms with Crippen LogP contribution in [-0.4, -0.2) is 11.4 Å². The third-order valence-corrected chi connectivity index (χ3v) is 1.52. The van der Waals surface area contributed by atoms with Crippen LogP contribution in [0, 0.1) is 5.82 Å². The Morgan fingerprint density at radius 2 is 2.18 bits per heavy atom. The summed E-state index contributed by atoms with van der Waals surface area (Å²) in [6.45, 7) is 0. The molecule has 0 heterocycles. The van der Waals surface area contributed by atoms with Crippen LogP contribution in [0.15, 0.2) is 12.1 Å². The number of phenols is 1. The highest BCUT2D eigenvalue weighted by molar-refractivity contribution is 6.31. The van der Waals surface area contributed by atoms with Gasteiger partial charge in [-0.2, -0.15) is 0 Å². The molecule has 0 aliphatic rings. The average molecular weight is 175 g/mol. The van der Waals surface area contributed by atoms with Crippen LogP contribution in [0.25, 0.3) is 0 Å². The Bertz CT molecular complexity index is 299. The zero-order valence-corrected chi connectivity index (χ0v) is 6.10. The first-order chi connectivity index (χ1) is 5.16. The summed E-state index contributed by atoms with van der Waals surface area (Å²) in [5, 5.41) is 8.69. The van der Waals surface area contributed by atoms with Crippen molar-refractivity contribution in [2.45, 2.75) is 0 Å². The highest BCUT2D eigenvalue weighted by Crippen LogP contribution is 2.25. The van der Waals surface area contributed by atoms with Crippen LogP contribution < -0.4 is 0 Å². The number of aromatic hydroxyl groups is 1. The van der Waals surface area contributed by atoms with Crippen molar-refractivity contribution in [3.05, 3.63) is 28.5 Å². The second-order valence-corrected chi connectivity index (χ2v) is 2.32. The van der Waals surface area contributed by atoms with Crippen molar-refractivity contribution in [2.24, 2.45) is 0 Å². The summed E-state index contributed by atoms with van der Waals surface area (Å²) in [4.78, 5) is 10.1. The molecule has 0 aliphatic carbocycles. The van der Waals surface area contributed by atoms with E-state index < -0.39 is 11.6 Å². The van der Waals surface area contributed by atoms with Gasteiger partial charge >= 0.3 is 0 Å². The number of carbonyl (C=O) groups excluding carboxylic acids is 1. The molecule has 0 saturated carbocycles. The summed E-state index contributed by atoms with van der Waals surface area (Å²) < 4.78 is 12.6. The largest absolute Gasteiger partial charge is 0.504 e. The summed E-state index contributed by atoms with van der Waals surface area (Å²) >= 11 is 5.29. The lowest BCUT2D eigenvalue weighted by atomic mass is 10.2. The first kappa shape index (κ1) is 8.01. The van der Waals surface area contributed by atoms with Gasteiger partial charge in [0.1, 0.15) is 0 Å². The van der Waals surface area contributed by atoms with Gasteiger partial charge < -0.3 is 5.11 Å². The van der Waals surface area contributed by atoms with Crippen LogP contribution in [0.5, 0.6) is 5.75 Å². The maximum Gasteiger partial charge on any atom is 0.184 e. The van der Waals surface area contributed by atoms with Gasteiger partial charge in [-0.15, -0.1) is 0 Å². The Labute approximate surface area is 67.2 Å². The van der Waals surface area contributed by atoms with E-state index in [1.165, 1.54) is 12.1 Å². The van der Waals surface area contributed by atoms with E-state index in [1.807, 2.05) is 0 Å². The highest BCUT2D eigenvalue weighted by atomic mass is 35.5. The molecule has 0 saturated heterocycles. The molecule has 1 rings (SSSR count). The smallest absolute Gasteiger partial charge is 0.184 e. The number of rotatable bonds is 1. The topological polar surface area (TPSA) is 37.3 Å². The van der Waals surface area contributed by atoms with E-state index in [2.05, 4.69) is 0 Å². The van der Waals surface area contributed by atoms with Gasteiger partial charge in [-0.3, -0.25) is 4.79 Å². The van der Waals surface area contributed by atoms with Crippen molar-refractivity contribution in [2.75, 3.05) is 0 Å². The Morgan fingerprint density at radius 3 is 2.73 bits per heavy atom. The third kappa shape index (κ3) is 1.33. The number of hydrogen-bond acceptors (Lipinski definition) is 2. The van der Waals surface area contributed by atoms with E-state index in [-0.39, 0.29) is 10.6 Å². The summed E-state index contributed by atoms with van der Waals surface area (Å²) in [6.07, 6.45) is 0.356. The molecule has 0 radical (unpaired) electrons. The molecule has 0 amide bonds. The molecule has 4 heteroatoms. The van der Waals surface area contributed by atoms with Crippen molar-refractivity contribution in [3.8, 4) is 5.75 Å². The van der Waals surface area contributed by atoms with E-state index in [9.17, 15) is 9.18 Å². The molecule has 11 heavy (non-hydrogen) atoms. The van der Waals surface area contributed by atoms with E-state index in [4.69, 9.17) is 16.7 Å². The number of aldehydes is 1. The van der Waals surface area contributed by atoms with Crippen molar-refractivity contribution in [3.63, 3.8) is 0 Å². The lowest BCUT2D eigenvalue weighted by Gasteiger charge is -1.98. The minimum absolute atomic E-state index is 0.105. The van der Waals surface area contributed by atoms with Crippen molar-refractivity contribution in [1.82, 2.24) is 0 Å². The Balaban J connectivity index is 3.36. The molecule has 1 N–H and O–H groups in total. The number of benzene rings is 1. The van der Waals surface area contributed by atoms with Gasteiger partial charge in [0.15, 0.2) is 17.9 Å². The standard InChI is InChI=1S/C7H4ClFO2/c8-5-2-1-4(3-10)7(11)6(5)9/h1-3,11H. The summed E-state index contributed by atoms with van der Waals surface area (Å²) in [6, 6.07) is 2.45. The van der Waals surface area contributed by atoms with Gasteiger partial charge in [-0.05, 0) is 12.1 Å². The first-order valence-electron chi connectivity index (χ1n) is 2.79. The minimum atomic E-state index is -0.962. The highest BCUT2D eigenvalue weighted by Gasteiger charge is 2.09. The Morgan fingerprint density at radius 1 is 1.55 bits per heavy atom. The van der Waals surface area contributed by atoms with Gasteiger partial charge in [0.25, 0.3) is 0 Å². The fourth-order valence-corrected chi connectivity index (χ4v) is 0.802. The SMILES string of the molecule is O=Cc1ccc(Cl)c(F)c1O. The summed E-state index contributed by atoms with van der Waals surface area (Å²) in [5.74, 6) is -1.66. The molecular weight excluding hydrogens is 171 g/mol. The zero-order chi connectivity index (χ0) is 8.43. The van der Waals surface area contributed by atoms with Crippen LogP contribution in [0.4, 0.5) is 4.39 Å². The summed E-state index contributed by atoms with van der Waals surface area (Å²) in [7, 11) is 0. The van der Waals surface area contributed by atoms with E-state index in [0.717, 1.165) is 0 Å². The molecular formula is C7H4ClFO2. The monoisotopic (exact) mass is 174 g/mol. The fourth-order valence-electron chi connectivity index (χ4n) is 0.650. The van der Waals surface area contributed by atoms with Crippen molar-refractivity contribution in [1.29, 1.82) is 0 Å². The van der Waals surface area contributed by atoms with E-state index >= 15 is 0 Å². The Hall–Kier alpha value is -1.09. The maximum atomic E-state index is 12.6. The summed E-state index contributed by atoms with van der Waals surface area (Å²) in [5.41, 5.74) is -0.105. The average Bonchev–Trinajstić information content (AvgIpc) is 2.01. The molecule has 0 fully saturated rings. The molecule has 0 aliphatic heterocycles. The Kier molecular flexibility index (Phi) is 2.10. The molecule has 1 aromatic carbocycles. The van der Waals surface area contributed by atoms with Crippen molar-refractivity contribution >= 4 is 17.9 Å². The first-order valence-corrected chi connectivity index (χ1v) is 3.16. The fraction of sp³-hybridized carbons (Fsp3) is 0. The van der Waals surface area contributed by atoms with Crippen LogP contribution in [0.2, 0.25) is 5.02 Å².